The Balaban J connectivity index is 1.89. The molecule has 0 spiro atoms. The number of thiophene rings is 1. The second kappa shape index (κ2) is 7.42. The molecule has 0 bridgehead atoms. The van der Waals surface area contributed by atoms with Gasteiger partial charge in [-0.2, -0.15) is 5.10 Å². The highest BCUT2D eigenvalue weighted by Gasteiger charge is 2.13. The summed E-state index contributed by atoms with van der Waals surface area (Å²) in [5.41, 5.74) is 0.856. The highest BCUT2D eigenvalue weighted by Crippen LogP contribution is 2.18. The van der Waals surface area contributed by atoms with Gasteiger partial charge in [0.2, 0.25) is 0 Å². The number of urea groups is 1. The Hall–Kier alpha value is -1.86. The largest absolute Gasteiger partial charge is 0.386 e. The molecule has 0 radical (unpaired) electrons. The maximum absolute atomic E-state index is 12.0. The summed E-state index contributed by atoms with van der Waals surface area (Å²) >= 11 is 1.46. The van der Waals surface area contributed by atoms with E-state index in [4.69, 9.17) is 0 Å². The van der Waals surface area contributed by atoms with E-state index in [1.165, 1.54) is 11.3 Å². The summed E-state index contributed by atoms with van der Waals surface area (Å²) in [7, 11) is 0. The van der Waals surface area contributed by atoms with Gasteiger partial charge < -0.3 is 10.4 Å². The Bertz CT molecular complexity index is 607. The van der Waals surface area contributed by atoms with Gasteiger partial charge >= 0.3 is 6.03 Å². The summed E-state index contributed by atoms with van der Waals surface area (Å²) < 4.78 is 1.79. The summed E-state index contributed by atoms with van der Waals surface area (Å²) in [5, 5.41) is 21.7. The monoisotopic (exact) mass is 322 g/mol. The SMILES string of the molecule is Cc1cc(NC(=O)NCC(O)c2cccs2)n(CC(C)C)n1. The highest BCUT2D eigenvalue weighted by molar-refractivity contribution is 7.10. The number of anilines is 1. The summed E-state index contributed by atoms with van der Waals surface area (Å²) in [6, 6.07) is 5.20. The van der Waals surface area contributed by atoms with Crippen molar-refractivity contribution in [1.82, 2.24) is 15.1 Å². The predicted octanol–water partition coefficient (Wildman–Crippen LogP) is 2.76. The van der Waals surface area contributed by atoms with Gasteiger partial charge in [0.05, 0.1) is 12.2 Å². The third-order valence-electron chi connectivity index (χ3n) is 3.01. The molecule has 22 heavy (non-hydrogen) atoms. The lowest BCUT2D eigenvalue weighted by Gasteiger charge is -2.13. The zero-order valence-corrected chi connectivity index (χ0v) is 13.9. The van der Waals surface area contributed by atoms with Crippen LogP contribution in [0.2, 0.25) is 0 Å². The van der Waals surface area contributed by atoms with E-state index in [2.05, 4.69) is 29.6 Å². The number of aliphatic hydroxyl groups excluding tert-OH is 1. The number of aromatic nitrogens is 2. The van der Waals surface area contributed by atoms with Crippen LogP contribution in [-0.4, -0.2) is 27.5 Å². The van der Waals surface area contributed by atoms with Crippen LogP contribution in [0, 0.1) is 12.8 Å². The number of hydrogen-bond donors (Lipinski definition) is 3. The summed E-state index contributed by atoms with van der Waals surface area (Å²) in [6.45, 7) is 6.99. The number of aliphatic hydroxyl groups is 1. The molecular formula is C15H22N4O2S. The van der Waals surface area contributed by atoms with E-state index in [0.29, 0.717) is 11.7 Å². The van der Waals surface area contributed by atoms with Crippen LogP contribution in [-0.2, 0) is 6.54 Å². The molecule has 0 aromatic carbocycles. The summed E-state index contributed by atoms with van der Waals surface area (Å²) in [5.74, 6) is 1.10. The minimum atomic E-state index is -0.687. The van der Waals surface area contributed by atoms with Gasteiger partial charge in [0.25, 0.3) is 0 Å². The summed E-state index contributed by atoms with van der Waals surface area (Å²) in [6.07, 6.45) is -0.687. The normalized spacial score (nSPS) is 12.4. The lowest BCUT2D eigenvalue weighted by Crippen LogP contribution is -2.33. The van der Waals surface area contributed by atoms with Gasteiger partial charge in [-0.15, -0.1) is 11.3 Å². The van der Waals surface area contributed by atoms with Gasteiger partial charge in [-0.25, -0.2) is 9.48 Å². The molecule has 1 atom stereocenters. The quantitative estimate of drug-likeness (QED) is 0.765. The van der Waals surface area contributed by atoms with Crippen LogP contribution >= 0.6 is 11.3 Å². The van der Waals surface area contributed by atoms with Crippen molar-refractivity contribution in [2.24, 2.45) is 5.92 Å². The molecule has 0 fully saturated rings. The number of aryl methyl sites for hydroxylation is 1. The molecule has 2 rings (SSSR count). The van der Waals surface area contributed by atoms with E-state index in [1.807, 2.05) is 30.5 Å². The van der Waals surface area contributed by atoms with Crippen molar-refractivity contribution in [2.75, 3.05) is 11.9 Å². The second-order valence-corrected chi connectivity index (χ2v) is 6.59. The van der Waals surface area contributed by atoms with E-state index in [0.717, 1.165) is 17.1 Å². The molecule has 120 valence electrons. The molecule has 2 aromatic rings. The average Bonchev–Trinajstić information content (AvgIpc) is 3.06. The zero-order valence-electron chi connectivity index (χ0n) is 13.0. The van der Waals surface area contributed by atoms with Crippen LogP contribution in [0.25, 0.3) is 0 Å². The van der Waals surface area contributed by atoms with E-state index >= 15 is 0 Å². The van der Waals surface area contributed by atoms with Crippen LogP contribution in [0.5, 0.6) is 0 Å². The number of nitrogens with zero attached hydrogens (tertiary/aromatic N) is 2. The van der Waals surface area contributed by atoms with Crippen LogP contribution in [0.3, 0.4) is 0 Å². The molecule has 0 aliphatic carbocycles. The van der Waals surface area contributed by atoms with Gasteiger partial charge in [0, 0.05) is 17.5 Å². The molecule has 0 saturated carbocycles. The molecule has 2 heterocycles. The molecule has 7 heteroatoms. The smallest absolute Gasteiger partial charge is 0.320 e. The van der Waals surface area contributed by atoms with E-state index in [1.54, 1.807) is 4.68 Å². The topological polar surface area (TPSA) is 79.2 Å². The Labute approximate surface area is 134 Å². The van der Waals surface area contributed by atoms with Gasteiger partial charge in [0.15, 0.2) is 0 Å². The first-order valence-electron chi connectivity index (χ1n) is 7.26. The first-order valence-corrected chi connectivity index (χ1v) is 8.14. The maximum atomic E-state index is 12.0. The molecule has 3 N–H and O–H groups in total. The first kappa shape index (κ1) is 16.5. The van der Waals surface area contributed by atoms with Crippen LogP contribution in [0.15, 0.2) is 23.6 Å². The predicted molar refractivity (Wildman–Crippen MR) is 88.1 cm³/mol. The van der Waals surface area contributed by atoms with Crippen molar-refractivity contribution in [3.05, 3.63) is 34.2 Å². The fourth-order valence-electron chi connectivity index (χ4n) is 2.06. The first-order chi connectivity index (χ1) is 10.5. The molecule has 0 saturated heterocycles. The van der Waals surface area contributed by atoms with Crippen LogP contribution in [0.4, 0.5) is 10.6 Å². The van der Waals surface area contributed by atoms with E-state index in [9.17, 15) is 9.90 Å². The Morgan fingerprint density at radius 1 is 1.50 bits per heavy atom. The lowest BCUT2D eigenvalue weighted by molar-refractivity contribution is 0.178. The fourth-order valence-corrected chi connectivity index (χ4v) is 2.77. The number of carbonyl (C=O) groups excluding carboxylic acids is 1. The number of carbonyl (C=O) groups is 1. The van der Waals surface area contributed by atoms with Crippen molar-refractivity contribution in [3.63, 3.8) is 0 Å². The third-order valence-corrected chi connectivity index (χ3v) is 3.98. The Morgan fingerprint density at radius 3 is 2.91 bits per heavy atom. The van der Waals surface area contributed by atoms with Crippen molar-refractivity contribution in [2.45, 2.75) is 33.4 Å². The molecule has 2 aromatic heterocycles. The van der Waals surface area contributed by atoms with Crippen molar-refractivity contribution < 1.29 is 9.90 Å². The number of hydrogen-bond acceptors (Lipinski definition) is 4. The van der Waals surface area contributed by atoms with Crippen LogP contribution in [0.1, 0.15) is 30.5 Å². The summed E-state index contributed by atoms with van der Waals surface area (Å²) in [4.78, 5) is 12.8. The van der Waals surface area contributed by atoms with Gasteiger partial charge in [0.1, 0.15) is 11.9 Å². The number of rotatable bonds is 6. The fraction of sp³-hybridized carbons (Fsp3) is 0.467. The number of amides is 2. The van der Waals surface area contributed by atoms with E-state index in [-0.39, 0.29) is 12.6 Å². The molecule has 6 nitrogen and oxygen atoms in total. The molecule has 0 aliphatic rings. The minimum absolute atomic E-state index is 0.170. The highest BCUT2D eigenvalue weighted by atomic mass is 32.1. The Kier molecular flexibility index (Phi) is 5.57. The molecule has 2 amide bonds. The van der Waals surface area contributed by atoms with Crippen LogP contribution < -0.4 is 10.6 Å². The van der Waals surface area contributed by atoms with Crippen molar-refractivity contribution in [1.29, 1.82) is 0 Å². The third kappa shape index (κ3) is 4.57. The maximum Gasteiger partial charge on any atom is 0.320 e. The van der Waals surface area contributed by atoms with E-state index < -0.39 is 6.10 Å². The van der Waals surface area contributed by atoms with Crippen molar-refractivity contribution in [3.8, 4) is 0 Å². The average molecular weight is 322 g/mol. The molecular weight excluding hydrogens is 300 g/mol. The minimum Gasteiger partial charge on any atom is -0.386 e. The van der Waals surface area contributed by atoms with Gasteiger partial charge in [-0.1, -0.05) is 19.9 Å². The second-order valence-electron chi connectivity index (χ2n) is 5.61. The Morgan fingerprint density at radius 2 is 2.27 bits per heavy atom. The molecule has 0 aliphatic heterocycles. The van der Waals surface area contributed by atoms with Gasteiger partial charge in [-0.3, -0.25) is 5.32 Å². The van der Waals surface area contributed by atoms with Crippen molar-refractivity contribution >= 4 is 23.2 Å². The zero-order chi connectivity index (χ0) is 16.1. The molecule has 1 unspecified atom stereocenters. The number of nitrogens with one attached hydrogen (secondary N) is 2. The van der Waals surface area contributed by atoms with Gasteiger partial charge in [-0.05, 0) is 24.3 Å². The lowest BCUT2D eigenvalue weighted by atomic mass is 10.2. The standard InChI is InChI=1S/C15H22N4O2S/c1-10(2)9-19-14(7-11(3)18-19)17-15(21)16-8-12(20)13-5-4-6-22-13/h4-7,10,12,20H,8-9H2,1-3H3,(H2,16,17,21).